The second-order valence-corrected chi connectivity index (χ2v) is 6.42. The minimum absolute atomic E-state index is 0.340. The molecule has 1 aromatic heterocycles. The van der Waals surface area contributed by atoms with Gasteiger partial charge < -0.3 is 20.1 Å². The van der Waals surface area contributed by atoms with Gasteiger partial charge in [0.05, 0.1) is 13.3 Å². The molecule has 0 aliphatic carbocycles. The number of rotatable bonds is 11. The lowest BCUT2D eigenvalue weighted by atomic mass is 10.2. The molecule has 0 fully saturated rings. The molecular formula is C22H27N7O2. The molecule has 0 atom stereocenters. The Morgan fingerprint density at radius 2 is 1.55 bits per heavy atom. The highest BCUT2D eigenvalue weighted by Gasteiger charge is 2.07. The number of nitrogens with one attached hydrogen (secondary N) is 3. The van der Waals surface area contributed by atoms with Crippen LogP contribution >= 0.6 is 0 Å². The van der Waals surface area contributed by atoms with Gasteiger partial charge >= 0.3 is 0 Å². The number of aromatic nitrogens is 3. The zero-order chi connectivity index (χ0) is 21.9. The van der Waals surface area contributed by atoms with Gasteiger partial charge in [-0.1, -0.05) is 30.3 Å². The Bertz CT molecular complexity index is 972. The van der Waals surface area contributed by atoms with Crippen molar-refractivity contribution in [3.8, 4) is 11.5 Å². The van der Waals surface area contributed by atoms with E-state index in [1.165, 1.54) is 0 Å². The summed E-state index contributed by atoms with van der Waals surface area (Å²) >= 11 is 0. The fourth-order valence-corrected chi connectivity index (χ4v) is 2.69. The normalized spacial score (nSPS) is 10.7. The van der Waals surface area contributed by atoms with Crippen molar-refractivity contribution in [1.82, 2.24) is 15.0 Å². The molecule has 0 aliphatic rings. The molecule has 162 valence electrons. The van der Waals surface area contributed by atoms with Crippen molar-refractivity contribution in [3.63, 3.8) is 0 Å². The van der Waals surface area contributed by atoms with Gasteiger partial charge in [0, 0.05) is 13.1 Å². The minimum atomic E-state index is 0.340. The van der Waals surface area contributed by atoms with Crippen LogP contribution in [0.4, 0.5) is 17.8 Å². The molecular weight excluding hydrogens is 394 g/mol. The van der Waals surface area contributed by atoms with Gasteiger partial charge in [-0.25, -0.2) is 5.43 Å². The summed E-state index contributed by atoms with van der Waals surface area (Å²) < 4.78 is 11.4. The lowest BCUT2D eigenvalue weighted by Crippen LogP contribution is -2.10. The van der Waals surface area contributed by atoms with Crippen LogP contribution in [0.5, 0.6) is 11.5 Å². The average Bonchev–Trinajstić information content (AvgIpc) is 2.79. The molecule has 3 aromatic rings. The van der Waals surface area contributed by atoms with Crippen molar-refractivity contribution in [2.24, 2.45) is 5.10 Å². The smallest absolute Gasteiger partial charge is 0.250 e. The van der Waals surface area contributed by atoms with Crippen LogP contribution in [0.15, 0.2) is 53.6 Å². The van der Waals surface area contributed by atoms with Crippen LogP contribution in [-0.4, -0.2) is 41.4 Å². The van der Waals surface area contributed by atoms with Crippen LogP contribution in [-0.2, 0) is 6.61 Å². The van der Waals surface area contributed by atoms with E-state index in [2.05, 4.69) is 36.1 Å². The summed E-state index contributed by atoms with van der Waals surface area (Å²) in [5.41, 5.74) is 4.77. The summed E-state index contributed by atoms with van der Waals surface area (Å²) in [6, 6.07) is 15.6. The molecule has 9 heteroatoms. The van der Waals surface area contributed by atoms with E-state index in [1.807, 2.05) is 62.4 Å². The fourth-order valence-electron chi connectivity index (χ4n) is 2.69. The number of anilines is 3. The maximum atomic E-state index is 5.95. The second-order valence-electron chi connectivity index (χ2n) is 6.42. The molecule has 9 nitrogen and oxygen atoms in total. The van der Waals surface area contributed by atoms with E-state index >= 15 is 0 Å². The van der Waals surface area contributed by atoms with Gasteiger partial charge in [0.2, 0.25) is 17.8 Å². The Balaban J connectivity index is 1.70. The van der Waals surface area contributed by atoms with Crippen molar-refractivity contribution in [1.29, 1.82) is 0 Å². The molecule has 0 amide bonds. The van der Waals surface area contributed by atoms with Gasteiger partial charge in [-0.2, -0.15) is 20.1 Å². The highest BCUT2D eigenvalue weighted by molar-refractivity contribution is 5.81. The summed E-state index contributed by atoms with van der Waals surface area (Å²) in [5, 5.41) is 10.4. The van der Waals surface area contributed by atoms with Gasteiger partial charge in [0.1, 0.15) is 6.61 Å². The maximum Gasteiger partial charge on any atom is 0.250 e. The van der Waals surface area contributed by atoms with Crippen LogP contribution in [0.1, 0.15) is 25.0 Å². The molecule has 0 saturated heterocycles. The monoisotopic (exact) mass is 421 g/mol. The third kappa shape index (κ3) is 6.56. The van der Waals surface area contributed by atoms with Crippen molar-refractivity contribution < 1.29 is 9.47 Å². The Kier molecular flexibility index (Phi) is 7.98. The predicted molar refractivity (Wildman–Crippen MR) is 123 cm³/mol. The van der Waals surface area contributed by atoms with Gasteiger partial charge in [-0.05, 0) is 43.2 Å². The first-order valence-corrected chi connectivity index (χ1v) is 10.1. The quantitative estimate of drug-likeness (QED) is 0.317. The van der Waals surface area contributed by atoms with Gasteiger partial charge in [-0.3, -0.25) is 0 Å². The highest BCUT2D eigenvalue weighted by atomic mass is 16.5. The third-order valence-electron chi connectivity index (χ3n) is 4.11. The number of nitrogens with zero attached hydrogens (tertiary/aromatic N) is 4. The fraction of sp³-hybridized carbons (Fsp3) is 0.273. The molecule has 31 heavy (non-hydrogen) atoms. The number of benzene rings is 2. The lowest BCUT2D eigenvalue weighted by molar-refractivity contribution is 0.284. The molecule has 0 saturated carbocycles. The average molecular weight is 422 g/mol. The minimum Gasteiger partial charge on any atom is -0.493 e. The SMILES string of the molecule is CCNc1nc(NCC)nc(NN=Cc2ccc(OC)c(OCc3ccccc3)c2)n1. The molecule has 2 aromatic carbocycles. The number of hydrogen-bond donors (Lipinski definition) is 3. The van der Waals surface area contributed by atoms with Crippen LogP contribution in [0.3, 0.4) is 0 Å². The standard InChI is InChI=1S/C22H27N7O2/c1-4-23-20-26-21(24-5-2)28-22(27-20)29-25-14-17-11-12-18(30-3)19(13-17)31-15-16-9-7-6-8-10-16/h6-14H,4-5,15H2,1-3H3,(H3,23,24,26,27,28,29). The maximum absolute atomic E-state index is 5.95. The van der Waals surface area contributed by atoms with Crippen LogP contribution in [0, 0.1) is 0 Å². The van der Waals surface area contributed by atoms with E-state index < -0.39 is 0 Å². The first-order chi connectivity index (χ1) is 15.2. The second kappa shape index (κ2) is 11.3. The third-order valence-corrected chi connectivity index (χ3v) is 4.11. The van der Waals surface area contributed by atoms with Crippen molar-refractivity contribution in [2.75, 3.05) is 36.3 Å². The van der Waals surface area contributed by atoms with E-state index in [-0.39, 0.29) is 0 Å². The number of hydrogen-bond acceptors (Lipinski definition) is 9. The molecule has 1 heterocycles. The first kappa shape index (κ1) is 21.8. The molecule has 0 unspecified atom stereocenters. The van der Waals surface area contributed by atoms with E-state index in [4.69, 9.17) is 9.47 Å². The Hall–Kier alpha value is -3.88. The first-order valence-electron chi connectivity index (χ1n) is 10.1. The van der Waals surface area contributed by atoms with Crippen molar-refractivity contribution >= 4 is 24.1 Å². The van der Waals surface area contributed by atoms with E-state index in [0.29, 0.717) is 49.0 Å². The van der Waals surface area contributed by atoms with Crippen molar-refractivity contribution in [3.05, 3.63) is 59.7 Å². The largest absolute Gasteiger partial charge is 0.493 e. The summed E-state index contributed by atoms with van der Waals surface area (Å²) in [7, 11) is 1.62. The molecule has 0 radical (unpaired) electrons. The van der Waals surface area contributed by atoms with E-state index in [0.717, 1.165) is 11.1 Å². The summed E-state index contributed by atoms with van der Waals surface area (Å²) in [4.78, 5) is 12.9. The van der Waals surface area contributed by atoms with E-state index in [1.54, 1.807) is 13.3 Å². The Morgan fingerprint density at radius 3 is 2.19 bits per heavy atom. The molecule has 0 bridgehead atoms. The van der Waals surface area contributed by atoms with Crippen LogP contribution < -0.4 is 25.5 Å². The molecule has 0 aliphatic heterocycles. The van der Waals surface area contributed by atoms with E-state index in [9.17, 15) is 0 Å². The van der Waals surface area contributed by atoms with Gasteiger partial charge in [0.15, 0.2) is 11.5 Å². The lowest BCUT2D eigenvalue weighted by Gasteiger charge is -2.11. The number of ether oxygens (including phenoxy) is 2. The molecule has 3 rings (SSSR count). The Labute approximate surface area is 182 Å². The van der Waals surface area contributed by atoms with Gasteiger partial charge in [0.25, 0.3) is 0 Å². The molecule has 0 spiro atoms. The van der Waals surface area contributed by atoms with Gasteiger partial charge in [-0.15, -0.1) is 0 Å². The Morgan fingerprint density at radius 1 is 0.871 bits per heavy atom. The van der Waals surface area contributed by atoms with Crippen molar-refractivity contribution in [2.45, 2.75) is 20.5 Å². The van der Waals surface area contributed by atoms with Crippen LogP contribution in [0.2, 0.25) is 0 Å². The number of methoxy groups -OCH3 is 1. The van der Waals surface area contributed by atoms with Crippen LogP contribution in [0.25, 0.3) is 0 Å². The summed E-state index contributed by atoms with van der Waals surface area (Å²) in [6.45, 7) is 5.80. The summed E-state index contributed by atoms with van der Waals surface area (Å²) in [5.74, 6) is 2.59. The molecule has 3 N–H and O–H groups in total. The number of hydrazone groups is 1. The highest BCUT2D eigenvalue weighted by Crippen LogP contribution is 2.28. The summed E-state index contributed by atoms with van der Waals surface area (Å²) in [6.07, 6.45) is 1.67. The zero-order valence-electron chi connectivity index (χ0n) is 17.9. The predicted octanol–water partition coefficient (Wildman–Crippen LogP) is 3.77. The zero-order valence-corrected chi connectivity index (χ0v) is 17.9. The topological polar surface area (TPSA) is 106 Å².